The van der Waals surface area contributed by atoms with Gasteiger partial charge in [-0.05, 0) is 30.3 Å². The molecule has 17 heavy (non-hydrogen) atoms. The van der Waals surface area contributed by atoms with E-state index in [1.54, 1.807) is 24.3 Å². The highest BCUT2D eigenvalue weighted by molar-refractivity contribution is 9.10. The summed E-state index contributed by atoms with van der Waals surface area (Å²) < 4.78 is 0.748. The number of carbonyl (C=O) groups is 1. The van der Waals surface area contributed by atoms with Gasteiger partial charge in [0.2, 0.25) is 0 Å². The summed E-state index contributed by atoms with van der Waals surface area (Å²) in [5.41, 5.74) is 7.17. The van der Waals surface area contributed by atoms with Crippen LogP contribution in [-0.2, 0) is 0 Å². The number of hydrogen-bond acceptors (Lipinski definition) is 2. The van der Waals surface area contributed by atoms with Crippen molar-refractivity contribution in [1.82, 2.24) is 0 Å². The van der Waals surface area contributed by atoms with Crippen molar-refractivity contribution < 1.29 is 4.79 Å². The van der Waals surface area contributed by atoms with Gasteiger partial charge in [-0.3, -0.25) is 4.79 Å². The molecule has 0 amide bonds. The van der Waals surface area contributed by atoms with Crippen molar-refractivity contribution in [3.8, 4) is 0 Å². The van der Waals surface area contributed by atoms with Crippen LogP contribution in [0.3, 0.4) is 0 Å². The number of nitrogen functional groups attached to an aromatic ring is 1. The topological polar surface area (TPSA) is 43.1 Å². The Hall–Kier alpha value is -1.32. The molecule has 0 saturated heterocycles. The maximum absolute atomic E-state index is 12.2. The van der Waals surface area contributed by atoms with Gasteiger partial charge in [-0.2, -0.15) is 0 Å². The van der Waals surface area contributed by atoms with Crippen LogP contribution in [0.5, 0.6) is 0 Å². The zero-order valence-electron chi connectivity index (χ0n) is 8.78. The Balaban J connectivity index is 2.48. The molecule has 2 N–H and O–H groups in total. The summed E-state index contributed by atoms with van der Waals surface area (Å²) in [5, 5.41) is 0.366. The van der Waals surface area contributed by atoms with Crippen molar-refractivity contribution in [3.63, 3.8) is 0 Å². The summed E-state index contributed by atoms with van der Waals surface area (Å²) >= 11 is 9.36. The highest BCUT2D eigenvalue weighted by Gasteiger charge is 2.15. The summed E-state index contributed by atoms with van der Waals surface area (Å²) in [7, 11) is 0. The zero-order valence-corrected chi connectivity index (χ0v) is 11.1. The lowest BCUT2D eigenvalue weighted by Crippen LogP contribution is -2.03. The third-order valence-electron chi connectivity index (χ3n) is 2.36. The quantitative estimate of drug-likeness (QED) is 0.675. The van der Waals surface area contributed by atoms with E-state index in [0.29, 0.717) is 21.8 Å². The minimum atomic E-state index is -0.123. The van der Waals surface area contributed by atoms with Crippen molar-refractivity contribution in [2.24, 2.45) is 0 Å². The average Bonchev–Trinajstić information content (AvgIpc) is 2.29. The van der Waals surface area contributed by atoms with Gasteiger partial charge in [-0.25, -0.2) is 0 Å². The SMILES string of the molecule is Nc1ccc(C(=O)c2ccccc2Br)c(Cl)c1. The van der Waals surface area contributed by atoms with Gasteiger partial charge in [-0.15, -0.1) is 0 Å². The predicted octanol–water partition coefficient (Wildman–Crippen LogP) is 3.92. The minimum absolute atomic E-state index is 0.123. The fourth-order valence-electron chi connectivity index (χ4n) is 1.51. The van der Waals surface area contributed by atoms with Gasteiger partial charge in [0.25, 0.3) is 0 Å². The first-order valence-electron chi connectivity index (χ1n) is 4.94. The molecule has 0 saturated carbocycles. The molecular formula is C13H9BrClNO. The number of ketones is 1. The Morgan fingerprint density at radius 3 is 2.47 bits per heavy atom. The molecule has 2 aromatic carbocycles. The molecule has 2 rings (SSSR count). The van der Waals surface area contributed by atoms with E-state index in [9.17, 15) is 4.79 Å². The second kappa shape index (κ2) is 4.90. The molecule has 0 aliphatic heterocycles. The van der Waals surface area contributed by atoms with Crippen LogP contribution in [0, 0.1) is 0 Å². The summed E-state index contributed by atoms with van der Waals surface area (Å²) in [4.78, 5) is 12.2. The summed E-state index contributed by atoms with van der Waals surface area (Å²) in [6, 6.07) is 12.1. The van der Waals surface area contributed by atoms with Gasteiger partial charge in [0.15, 0.2) is 5.78 Å². The molecule has 0 fully saturated rings. The van der Waals surface area contributed by atoms with E-state index in [0.717, 1.165) is 4.47 Å². The largest absolute Gasteiger partial charge is 0.399 e. The van der Waals surface area contributed by atoms with Gasteiger partial charge < -0.3 is 5.73 Å². The normalized spacial score (nSPS) is 10.2. The Morgan fingerprint density at radius 1 is 1.12 bits per heavy atom. The molecule has 0 spiro atoms. The van der Waals surface area contributed by atoms with Crippen LogP contribution in [-0.4, -0.2) is 5.78 Å². The van der Waals surface area contributed by atoms with Crippen LogP contribution in [0.4, 0.5) is 5.69 Å². The van der Waals surface area contributed by atoms with Gasteiger partial charge in [0, 0.05) is 21.3 Å². The minimum Gasteiger partial charge on any atom is -0.399 e. The lowest BCUT2D eigenvalue weighted by Gasteiger charge is -2.06. The lowest BCUT2D eigenvalue weighted by molar-refractivity contribution is 0.103. The lowest BCUT2D eigenvalue weighted by atomic mass is 10.0. The molecule has 0 radical (unpaired) electrons. The summed E-state index contributed by atoms with van der Waals surface area (Å²) in [6.07, 6.45) is 0. The number of carbonyl (C=O) groups excluding carboxylic acids is 1. The van der Waals surface area contributed by atoms with E-state index in [4.69, 9.17) is 17.3 Å². The number of benzene rings is 2. The first-order chi connectivity index (χ1) is 8.09. The highest BCUT2D eigenvalue weighted by Crippen LogP contribution is 2.25. The van der Waals surface area contributed by atoms with E-state index in [1.165, 1.54) is 0 Å². The standard InChI is InChI=1S/C13H9BrClNO/c14-11-4-2-1-3-9(11)13(17)10-6-5-8(16)7-12(10)15/h1-7H,16H2. The van der Waals surface area contributed by atoms with Crippen molar-refractivity contribution in [2.45, 2.75) is 0 Å². The number of nitrogens with two attached hydrogens (primary N) is 1. The van der Waals surface area contributed by atoms with Crippen molar-refractivity contribution in [1.29, 1.82) is 0 Å². The van der Waals surface area contributed by atoms with Gasteiger partial charge in [0.1, 0.15) is 0 Å². The Morgan fingerprint density at radius 2 is 1.82 bits per heavy atom. The fraction of sp³-hybridized carbons (Fsp3) is 0. The number of hydrogen-bond donors (Lipinski definition) is 1. The van der Waals surface area contributed by atoms with E-state index >= 15 is 0 Å². The fourth-order valence-corrected chi connectivity index (χ4v) is 2.25. The first-order valence-corrected chi connectivity index (χ1v) is 6.11. The molecule has 2 nitrogen and oxygen atoms in total. The summed E-state index contributed by atoms with van der Waals surface area (Å²) in [6.45, 7) is 0. The molecule has 0 aliphatic rings. The van der Waals surface area contributed by atoms with Crippen LogP contribution in [0.25, 0.3) is 0 Å². The zero-order chi connectivity index (χ0) is 12.4. The van der Waals surface area contributed by atoms with Crippen LogP contribution >= 0.6 is 27.5 Å². The van der Waals surface area contributed by atoms with Crippen LogP contribution in [0.2, 0.25) is 5.02 Å². The molecule has 0 heterocycles. The van der Waals surface area contributed by atoms with E-state index in [1.807, 2.05) is 18.2 Å². The predicted molar refractivity (Wildman–Crippen MR) is 73.4 cm³/mol. The Labute approximate surface area is 113 Å². The van der Waals surface area contributed by atoms with Crippen molar-refractivity contribution in [2.75, 3.05) is 5.73 Å². The van der Waals surface area contributed by atoms with Crippen LogP contribution in [0.1, 0.15) is 15.9 Å². The highest BCUT2D eigenvalue weighted by atomic mass is 79.9. The molecule has 86 valence electrons. The van der Waals surface area contributed by atoms with Crippen LogP contribution < -0.4 is 5.73 Å². The van der Waals surface area contributed by atoms with E-state index < -0.39 is 0 Å². The third kappa shape index (κ3) is 2.51. The summed E-state index contributed by atoms with van der Waals surface area (Å²) in [5.74, 6) is -0.123. The third-order valence-corrected chi connectivity index (χ3v) is 3.36. The monoisotopic (exact) mass is 309 g/mol. The second-order valence-corrected chi connectivity index (χ2v) is 4.81. The molecular weight excluding hydrogens is 302 g/mol. The molecule has 2 aromatic rings. The van der Waals surface area contributed by atoms with Crippen molar-refractivity contribution in [3.05, 3.63) is 63.1 Å². The molecule has 0 bridgehead atoms. The second-order valence-electron chi connectivity index (χ2n) is 3.55. The number of halogens is 2. The van der Waals surface area contributed by atoms with Gasteiger partial charge >= 0.3 is 0 Å². The average molecular weight is 311 g/mol. The Bertz CT molecular complexity index is 583. The smallest absolute Gasteiger partial charge is 0.195 e. The number of anilines is 1. The molecule has 0 unspecified atom stereocenters. The van der Waals surface area contributed by atoms with E-state index in [2.05, 4.69) is 15.9 Å². The molecule has 0 aliphatic carbocycles. The molecule has 0 atom stereocenters. The Kier molecular flexibility index (Phi) is 3.50. The number of rotatable bonds is 2. The van der Waals surface area contributed by atoms with Crippen LogP contribution in [0.15, 0.2) is 46.9 Å². The maximum Gasteiger partial charge on any atom is 0.195 e. The first kappa shape index (κ1) is 12.1. The van der Waals surface area contributed by atoms with Gasteiger partial charge in [0.05, 0.1) is 5.02 Å². The van der Waals surface area contributed by atoms with E-state index in [-0.39, 0.29) is 5.78 Å². The molecule has 0 aromatic heterocycles. The molecule has 4 heteroatoms. The maximum atomic E-state index is 12.2. The van der Waals surface area contributed by atoms with Gasteiger partial charge in [-0.1, -0.05) is 39.7 Å². The van der Waals surface area contributed by atoms with Crippen molar-refractivity contribution >= 4 is 39.0 Å².